The Labute approximate surface area is 142 Å². The van der Waals surface area contributed by atoms with Crippen LogP contribution < -0.4 is 10.5 Å². The molecular weight excluding hydrogens is 286 g/mol. The van der Waals surface area contributed by atoms with Crippen LogP contribution in [0, 0.1) is 0 Å². The molecule has 0 aliphatic heterocycles. The number of aliphatic hydroxyl groups excluding tert-OH is 1. The minimum atomic E-state index is -0.436. The molecule has 1 unspecified atom stereocenters. The molecule has 3 N–H and O–H groups in total. The quantitative estimate of drug-likeness (QED) is 0.527. The number of unbranched alkanes of at least 4 members (excludes halogenated alkanes) is 5. The Morgan fingerprint density at radius 1 is 1.00 bits per heavy atom. The number of aliphatic hydroxyl groups is 1. The molecule has 1 atom stereocenters. The molecule has 0 amide bonds. The lowest BCUT2D eigenvalue weighted by Crippen LogP contribution is -2.39. The summed E-state index contributed by atoms with van der Waals surface area (Å²) >= 11 is 0. The van der Waals surface area contributed by atoms with Gasteiger partial charge in [-0.25, -0.2) is 0 Å². The van der Waals surface area contributed by atoms with Gasteiger partial charge >= 0.3 is 0 Å². The van der Waals surface area contributed by atoms with Crippen LogP contribution in [-0.2, 0) is 6.42 Å². The maximum Gasteiger partial charge on any atom is 0.119 e. The normalized spacial score (nSPS) is 13.7. The molecule has 0 heterocycles. The summed E-state index contributed by atoms with van der Waals surface area (Å²) in [6, 6.07) is 8.45. The number of ether oxygens (including phenoxy) is 1. The van der Waals surface area contributed by atoms with Crippen LogP contribution in [0.15, 0.2) is 24.3 Å². The zero-order valence-corrected chi connectivity index (χ0v) is 15.0. The van der Waals surface area contributed by atoms with E-state index in [9.17, 15) is 0 Å². The first-order chi connectivity index (χ1) is 11.1. The van der Waals surface area contributed by atoms with Crippen molar-refractivity contribution in [2.24, 2.45) is 5.73 Å². The summed E-state index contributed by atoms with van der Waals surface area (Å²) in [5, 5.41) is 9.13. The lowest BCUT2D eigenvalue weighted by atomic mass is 9.96. The standard InChI is InChI=1S/C20H35NO2/c1-3-4-5-6-9-16-23-19-13-11-18(12-14-19)10-7-8-15-20(2,21)17-22/h11-14,22H,3-10,15-17,21H2,1-2H3. The Bertz CT molecular complexity index is 401. The minimum Gasteiger partial charge on any atom is -0.494 e. The summed E-state index contributed by atoms with van der Waals surface area (Å²) in [4.78, 5) is 0. The van der Waals surface area contributed by atoms with Gasteiger partial charge in [0, 0.05) is 5.54 Å². The second-order valence-corrected chi connectivity index (χ2v) is 6.93. The molecule has 3 heteroatoms. The van der Waals surface area contributed by atoms with E-state index in [0.717, 1.165) is 44.5 Å². The number of nitrogens with two attached hydrogens (primary N) is 1. The number of benzene rings is 1. The minimum absolute atomic E-state index is 0.0531. The van der Waals surface area contributed by atoms with Crippen molar-refractivity contribution in [2.45, 2.75) is 77.2 Å². The van der Waals surface area contributed by atoms with Crippen molar-refractivity contribution in [3.05, 3.63) is 29.8 Å². The van der Waals surface area contributed by atoms with Crippen molar-refractivity contribution in [2.75, 3.05) is 13.2 Å². The third-order valence-corrected chi connectivity index (χ3v) is 4.26. The Hall–Kier alpha value is -1.06. The highest BCUT2D eigenvalue weighted by molar-refractivity contribution is 5.27. The zero-order valence-electron chi connectivity index (χ0n) is 15.0. The molecule has 0 saturated heterocycles. The largest absolute Gasteiger partial charge is 0.494 e. The van der Waals surface area contributed by atoms with Gasteiger partial charge in [0.1, 0.15) is 5.75 Å². The van der Waals surface area contributed by atoms with Crippen molar-refractivity contribution < 1.29 is 9.84 Å². The lowest BCUT2D eigenvalue weighted by Gasteiger charge is -2.21. The smallest absolute Gasteiger partial charge is 0.119 e. The molecule has 1 aromatic carbocycles. The molecular formula is C20H35NO2. The first-order valence-corrected chi connectivity index (χ1v) is 9.19. The Morgan fingerprint density at radius 3 is 2.35 bits per heavy atom. The summed E-state index contributed by atoms with van der Waals surface area (Å²) in [5.41, 5.74) is 6.83. The Kier molecular flexibility index (Phi) is 9.97. The molecule has 0 aromatic heterocycles. The molecule has 1 rings (SSSR count). The van der Waals surface area contributed by atoms with Crippen LogP contribution in [-0.4, -0.2) is 23.9 Å². The number of hydrogen-bond acceptors (Lipinski definition) is 3. The van der Waals surface area contributed by atoms with Gasteiger partial charge in [0.05, 0.1) is 13.2 Å². The Morgan fingerprint density at radius 2 is 1.70 bits per heavy atom. The van der Waals surface area contributed by atoms with Gasteiger partial charge in [-0.1, -0.05) is 51.2 Å². The van der Waals surface area contributed by atoms with E-state index in [2.05, 4.69) is 31.2 Å². The first kappa shape index (κ1) is 20.0. The van der Waals surface area contributed by atoms with Gasteiger partial charge in [-0.15, -0.1) is 0 Å². The molecule has 0 fully saturated rings. The lowest BCUT2D eigenvalue weighted by molar-refractivity contribution is 0.197. The maximum atomic E-state index is 9.13. The fraction of sp³-hybridized carbons (Fsp3) is 0.700. The number of rotatable bonds is 13. The van der Waals surface area contributed by atoms with Gasteiger partial charge in [0.2, 0.25) is 0 Å². The highest BCUT2D eigenvalue weighted by Gasteiger charge is 2.15. The molecule has 132 valence electrons. The van der Waals surface area contributed by atoms with E-state index in [0.29, 0.717) is 0 Å². The van der Waals surface area contributed by atoms with Crippen LogP contribution >= 0.6 is 0 Å². The van der Waals surface area contributed by atoms with Crippen molar-refractivity contribution in [1.29, 1.82) is 0 Å². The van der Waals surface area contributed by atoms with Gasteiger partial charge in [0.25, 0.3) is 0 Å². The molecule has 0 saturated carbocycles. The predicted octanol–water partition coefficient (Wildman–Crippen LogP) is 4.46. The van der Waals surface area contributed by atoms with Crippen LogP contribution in [0.2, 0.25) is 0 Å². The SMILES string of the molecule is CCCCCCCOc1ccc(CCCCC(C)(N)CO)cc1. The monoisotopic (exact) mass is 321 g/mol. The Balaban J connectivity index is 2.15. The third kappa shape index (κ3) is 9.62. The fourth-order valence-corrected chi connectivity index (χ4v) is 2.59. The van der Waals surface area contributed by atoms with Crippen LogP contribution in [0.5, 0.6) is 5.75 Å². The van der Waals surface area contributed by atoms with E-state index in [1.54, 1.807) is 0 Å². The zero-order chi connectivity index (χ0) is 17.0. The summed E-state index contributed by atoms with van der Waals surface area (Å²) in [7, 11) is 0. The average Bonchev–Trinajstić information content (AvgIpc) is 2.56. The van der Waals surface area contributed by atoms with E-state index < -0.39 is 5.54 Å². The summed E-state index contributed by atoms with van der Waals surface area (Å²) < 4.78 is 5.78. The van der Waals surface area contributed by atoms with E-state index in [-0.39, 0.29) is 6.61 Å². The van der Waals surface area contributed by atoms with Gasteiger partial charge in [0.15, 0.2) is 0 Å². The molecule has 0 spiro atoms. The second kappa shape index (κ2) is 11.5. The topological polar surface area (TPSA) is 55.5 Å². The molecule has 23 heavy (non-hydrogen) atoms. The summed E-state index contributed by atoms with van der Waals surface area (Å²) in [6.07, 6.45) is 10.4. The number of hydrogen-bond donors (Lipinski definition) is 2. The van der Waals surface area contributed by atoms with Gasteiger partial charge < -0.3 is 15.6 Å². The van der Waals surface area contributed by atoms with Gasteiger partial charge in [-0.05, 0) is 50.3 Å². The summed E-state index contributed by atoms with van der Waals surface area (Å²) in [5.74, 6) is 0.971. The first-order valence-electron chi connectivity index (χ1n) is 9.19. The average molecular weight is 322 g/mol. The molecule has 1 aromatic rings. The van der Waals surface area contributed by atoms with Gasteiger partial charge in [-0.2, -0.15) is 0 Å². The molecule has 0 radical (unpaired) electrons. The highest BCUT2D eigenvalue weighted by atomic mass is 16.5. The number of aryl methyl sites for hydroxylation is 1. The van der Waals surface area contributed by atoms with E-state index in [1.165, 1.54) is 31.2 Å². The van der Waals surface area contributed by atoms with Crippen LogP contribution in [0.1, 0.15) is 70.8 Å². The fourth-order valence-electron chi connectivity index (χ4n) is 2.59. The molecule has 0 bridgehead atoms. The van der Waals surface area contributed by atoms with E-state index in [1.807, 2.05) is 6.92 Å². The van der Waals surface area contributed by atoms with Crippen molar-refractivity contribution in [1.82, 2.24) is 0 Å². The van der Waals surface area contributed by atoms with Gasteiger partial charge in [-0.3, -0.25) is 0 Å². The molecule has 0 aliphatic rings. The van der Waals surface area contributed by atoms with E-state index in [4.69, 9.17) is 15.6 Å². The van der Waals surface area contributed by atoms with Crippen molar-refractivity contribution >= 4 is 0 Å². The predicted molar refractivity (Wildman–Crippen MR) is 97.9 cm³/mol. The molecule has 3 nitrogen and oxygen atoms in total. The van der Waals surface area contributed by atoms with E-state index >= 15 is 0 Å². The highest BCUT2D eigenvalue weighted by Crippen LogP contribution is 2.16. The van der Waals surface area contributed by atoms with Crippen molar-refractivity contribution in [3.8, 4) is 5.75 Å². The second-order valence-electron chi connectivity index (χ2n) is 6.93. The van der Waals surface area contributed by atoms with Crippen LogP contribution in [0.25, 0.3) is 0 Å². The summed E-state index contributed by atoms with van der Waals surface area (Å²) in [6.45, 7) is 5.01. The van der Waals surface area contributed by atoms with Crippen LogP contribution in [0.4, 0.5) is 0 Å². The molecule has 0 aliphatic carbocycles. The maximum absolute atomic E-state index is 9.13. The van der Waals surface area contributed by atoms with Crippen LogP contribution in [0.3, 0.4) is 0 Å². The van der Waals surface area contributed by atoms with Crippen molar-refractivity contribution in [3.63, 3.8) is 0 Å². The third-order valence-electron chi connectivity index (χ3n) is 4.26.